The van der Waals surface area contributed by atoms with E-state index in [-0.39, 0.29) is 19.1 Å². The Hall–Kier alpha value is -3.11. The Balaban J connectivity index is 1.47. The summed E-state index contributed by atoms with van der Waals surface area (Å²) in [6, 6.07) is 12.3. The molecular formula is C22H24BrN3O6. The lowest BCUT2D eigenvalue weighted by atomic mass is 10.2. The third-order valence-electron chi connectivity index (χ3n) is 4.49. The third-order valence-corrected chi connectivity index (χ3v) is 5.02. The first-order valence-electron chi connectivity index (χ1n) is 9.92. The number of hydrazone groups is 1. The Morgan fingerprint density at radius 1 is 1.09 bits per heavy atom. The van der Waals surface area contributed by atoms with E-state index in [1.165, 1.54) is 13.3 Å². The van der Waals surface area contributed by atoms with Gasteiger partial charge in [-0.3, -0.25) is 9.59 Å². The van der Waals surface area contributed by atoms with Crippen molar-refractivity contribution in [3.8, 4) is 17.2 Å². The van der Waals surface area contributed by atoms with Crippen LogP contribution in [-0.4, -0.2) is 69.6 Å². The van der Waals surface area contributed by atoms with Gasteiger partial charge in [0.25, 0.3) is 11.8 Å². The molecule has 1 aliphatic rings. The van der Waals surface area contributed by atoms with Gasteiger partial charge in [0.05, 0.1) is 26.5 Å². The number of carbonyl (C=O) groups is 2. The Morgan fingerprint density at radius 3 is 2.56 bits per heavy atom. The van der Waals surface area contributed by atoms with Crippen molar-refractivity contribution < 1.29 is 28.5 Å². The maximum atomic E-state index is 12.2. The number of methoxy groups -OCH3 is 1. The molecule has 32 heavy (non-hydrogen) atoms. The van der Waals surface area contributed by atoms with Gasteiger partial charge in [0.15, 0.2) is 24.7 Å². The zero-order valence-corrected chi connectivity index (χ0v) is 19.2. The molecule has 0 aromatic heterocycles. The summed E-state index contributed by atoms with van der Waals surface area (Å²) in [4.78, 5) is 25.8. The van der Waals surface area contributed by atoms with Crippen molar-refractivity contribution in [1.29, 1.82) is 0 Å². The molecule has 2 aromatic carbocycles. The van der Waals surface area contributed by atoms with Crippen LogP contribution in [0.15, 0.2) is 52.0 Å². The van der Waals surface area contributed by atoms with Gasteiger partial charge in [0.2, 0.25) is 0 Å². The first-order valence-corrected chi connectivity index (χ1v) is 10.7. The Morgan fingerprint density at radius 2 is 1.84 bits per heavy atom. The fraction of sp³-hybridized carbons (Fsp3) is 0.318. The molecule has 170 valence electrons. The number of hydrogen-bond donors (Lipinski definition) is 1. The molecule has 1 aliphatic heterocycles. The molecule has 3 rings (SSSR count). The maximum Gasteiger partial charge on any atom is 0.277 e. The molecule has 0 saturated carbocycles. The predicted molar refractivity (Wildman–Crippen MR) is 121 cm³/mol. The number of nitrogens with one attached hydrogen (secondary N) is 1. The molecule has 2 amide bonds. The minimum Gasteiger partial charge on any atom is -0.493 e. The number of ether oxygens (including phenoxy) is 4. The highest BCUT2D eigenvalue weighted by atomic mass is 79.9. The third kappa shape index (κ3) is 7.24. The van der Waals surface area contributed by atoms with E-state index in [0.29, 0.717) is 49.1 Å². The van der Waals surface area contributed by atoms with E-state index in [2.05, 4.69) is 26.5 Å². The molecule has 10 heteroatoms. The van der Waals surface area contributed by atoms with Gasteiger partial charge in [-0.25, -0.2) is 5.43 Å². The highest BCUT2D eigenvalue weighted by Crippen LogP contribution is 2.27. The van der Waals surface area contributed by atoms with Gasteiger partial charge in [0.1, 0.15) is 5.75 Å². The Kier molecular flexibility index (Phi) is 8.88. The summed E-state index contributed by atoms with van der Waals surface area (Å²) in [5, 5.41) is 3.93. The van der Waals surface area contributed by atoms with Crippen molar-refractivity contribution >= 4 is 34.0 Å². The zero-order valence-electron chi connectivity index (χ0n) is 17.6. The van der Waals surface area contributed by atoms with Crippen molar-refractivity contribution in [2.45, 2.75) is 0 Å². The fourth-order valence-corrected chi connectivity index (χ4v) is 3.08. The van der Waals surface area contributed by atoms with Crippen LogP contribution in [0.5, 0.6) is 17.2 Å². The van der Waals surface area contributed by atoms with Crippen molar-refractivity contribution in [3.63, 3.8) is 0 Å². The quantitative estimate of drug-likeness (QED) is 0.414. The van der Waals surface area contributed by atoms with Crippen LogP contribution in [0.2, 0.25) is 0 Å². The molecule has 0 aliphatic carbocycles. The number of amides is 2. The van der Waals surface area contributed by atoms with Gasteiger partial charge in [-0.05, 0) is 48.0 Å². The van der Waals surface area contributed by atoms with Crippen LogP contribution < -0.4 is 19.6 Å². The molecule has 9 nitrogen and oxygen atoms in total. The standard InChI is InChI=1S/C22H24BrN3O6/c1-29-20-12-16(2-7-19(20)32-15-22(28)26-8-10-30-11-9-26)13-24-25-21(27)14-31-18-5-3-17(23)4-6-18/h2-7,12-13H,8-11,14-15H2,1H3,(H,25,27)/b24-13-. The van der Waals surface area contributed by atoms with Crippen molar-refractivity contribution in [2.24, 2.45) is 5.10 Å². The smallest absolute Gasteiger partial charge is 0.277 e. The molecule has 0 atom stereocenters. The highest BCUT2D eigenvalue weighted by Gasteiger charge is 2.18. The highest BCUT2D eigenvalue weighted by molar-refractivity contribution is 9.10. The number of benzene rings is 2. The van der Waals surface area contributed by atoms with Crippen LogP contribution in [0, 0.1) is 0 Å². The number of morpholine rings is 1. The molecule has 0 unspecified atom stereocenters. The van der Waals surface area contributed by atoms with E-state index in [1.807, 2.05) is 12.1 Å². The lowest BCUT2D eigenvalue weighted by molar-refractivity contribution is -0.137. The molecule has 1 heterocycles. The molecule has 0 bridgehead atoms. The van der Waals surface area contributed by atoms with Gasteiger partial charge in [0, 0.05) is 17.6 Å². The van der Waals surface area contributed by atoms with Crippen LogP contribution in [-0.2, 0) is 14.3 Å². The van der Waals surface area contributed by atoms with Crippen LogP contribution in [0.25, 0.3) is 0 Å². The van der Waals surface area contributed by atoms with Gasteiger partial charge in [-0.15, -0.1) is 0 Å². The monoisotopic (exact) mass is 505 g/mol. The van der Waals surface area contributed by atoms with Crippen LogP contribution in [0.3, 0.4) is 0 Å². The summed E-state index contributed by atoms with van der Waals surface area (Å²) in [6.07, 6.45) is 1.47. The Labute approximate surface area is 194 Å². The SMILES string of the molecule is COc1cc(/C=N\NC(=O)COc2ccc(Br)cc2)ccc1OCC(=O)N1CCOCC1. The number of nitrogens with zero attached hydrogens (tertiary/aromatic N) is 2. The lowest BCUT2D eigenvalue weighted by Crippen LogP contribution is -2.43. The number of halogens is 1. The molecule has 1 N–H and O–H groups in total. The summed E-state index contributed by atoms with van der Waals surface area (Å²) in [6.45, 7) is 1.96. The summed E-state index contributed by atoms with van der Waals surface area (Å²) in [5.74, 6) is 0.985. The molecule has 2 aromatic rings. The van der Waals surface area contributed by atoms with Gasteiger partial charge < -0.3 is 23.8 Å². The molecule has 0 spiro atoms. The average Bonchev–Trinajstić information content (AvgIpc) is 2.83. The second-order valence-corrected chi connectivity index (χ2v) is 7.64. The second-order valence-electron chi connectivity index (χ2n) is 6.73. The van der Waals surface area contributed by atoms with E-state index in [9.17, 15) is 9.59 Å². The van der Waals surface area contributed by atoms with Gasteiger partial charge >= 0.3 is 0 Å². The minimum absolute atomic E-state index is 0.0851. The lowest BCUT2D eigenvalue weighted by Gasteiger charge is -2.26. The van der Waals surface area contributed by atoms with Crippen LogP contribution >= 0.6 is 15.9 Å². The van der Waals surface area contributed by atoms with E-state index in [1.54, 1.807) is 35.2 Å². The minimum atomic E-state index is -0.391. The summed E-state index contributed by atoms with van der Waals surface area (Å²) in [5.41, 5.74) is 3.09. The molecule has 1 fully saturated rings. The summed E-state index contributed by atoms with van der Waals surface area (Å²) >= 11 is 3.34. The molecule has 1 saturated heterocycles. The second kappa shape index (κ2) is 12.1. The number of rotatable bonds is 9. The summed E-state index contributed by atoms with van der Waals surface area (Å²) in [7, 11) is 1.51. The van der Waals surface area contributed by atoms with E-state index < -0.39 is 5.91 Å². The number of carbonyl (C=O) groups excluding carboxylic acids is 2. The van der Waals surface area contributed by atoms with E-state index in [0.717, 1.165) is 4.47 Å². The fourth-order valence-electron chi connectivity index (χ4n) is 2.82. The van der Waals surface area contributed by atoms with Crippen molar-refractivity contribution in [1.82, 2.24) is 10.3 Å². The van der Waals surface area contributed by atoms with Gasteiger partial charge in [-0.2, -0.15) is 5.10 Å². The summed E-state index contributed by atoms with van der Waals surface area (Å²) < 4.78 is 22.5. The van der Waals surface area contributed by atoms with Crippen LogP contribution in [0.4, 0.5) is 0 Å². The van der Waals surface area contributed by atoms with Gasteiger partial charge in [-0.1, -0.05) is 15.9 Å². The van der Waals surface area contributed by atoms with Crippen LogP contribution in [0.1, 0.15) is 5.56 Å². The first kappa shape index (κ1) is 23.6. The van der Waals surface area contributed by atoms with Crippen molar-refractivity contribution in [3.05, 3.63) is 52.5 Å². The van der Waals surface area contributed by atoms with E-state index in [4.69, 9.17) is 18.9 Å². The zero-order chi connectivity index (χ0) is 22.8. The normalized spacial score (nSPS) is 13.6. The van der Waals surface area contributed by atoms with E-state index >= 15 is 0 Å². The number of hydrogen-bond acceptors (Lipinski definition) is 7. The largest absolute Gasteiger partial charge is 0.493 e. The molecular weight excluding hydrogens is 482 g/mol. The Bertz CT molecular complexity index is 945. The maximum absolute atomic E-state index is 12.2. The topological polar surface area (TPSA) is 98.7 Å². The average molecular weight is 506 g/mol. The molecule has 0 radical (unpaired) electrons. The first-order chi connectivity index (χ1) is 15.5. The van der Waals surface area contributed by atoms with Crippen molar-refractivity contribution in [2.75, 3.05) is 46.6 Å². The predicted octanol–water partition coefficient (Wildman–Crippen LogP) is 2.22.